The highest BCUT2D eigenvalue weighted by atomic mass is 32.2. The zero-order chi connectivity index (χ0) is 32.4. The summed E-state index contributed by atoms with van der Waals surface area (Å²) in [4.78, 5) is 24.4. The minimum atomic E-state index is -3.69. The second kappa shape index (κ2) is 13.2. The number of sulfonamides is 1. The van der Waals surface area contributed by atoms with Crippen molar-refractivity contribution in [2.75, 3.05) is 79.9 Å². The van der Waals surface area contributed by atoms with E-state index in [1.54, 1.807) is 19.2 Å². The van der Waals surface area contributed by atoms with Crippen molar-refractivity contribution in [3.8, 4) is 5.75 Å². The Hall–Kier alpha value is -4.34. The first-order valence-electron chi connectivity index (χ1n) is 15.2. The van der Waals surface area contributed by atoms with Gasteiger partial charge in [0.1, 0.15) is 11.3 Å². The second-order valence-electron chi connectivity index (χ2n) is 11.8. The molecule has 2 aliphatic rings. The monoisotopic (exact) mass is 650 g/mol. The lowest BCUT2D eigenvalue weighted by molar-refractivity contribution is 0.0982. The maximum Gasteiger partial charge on any atom is 0.229 e. The van der Waals surface area contributed by atoms with E-state index in [2.05, 4.69) is 64.0 Å². The molecule has 4 aromatic rings. The van der Waals surface area contributed by atoms with Gasteiger partial charge in [-0.25, -0.2) is 17.8 Å². The minimum absolute atomic E-state index is 0.126. The highest BCUT2D eigenvalue weighted by Crippen LogP contribution is 2.37. The van der Waals surface area contributed by atoms with Crippen LogP contribution in [0.2, 0.25) is 0 Å². The standard InChI is InChI=1S/C31H39FN10O3S/c1-20-17-25(27(45-3)18-26(20)42-11-7-21(8-12-42)41-15-13-40(2)14-16-41)37-31-35-19-22(32)30(38-31)36-24-6-5-23-28(34-10-9-33-23)29(24)39-46(4,43)44/h5-6,9-10,17-19,21,39H,7-8,11-16H2,1-4H3,(H2,35,36,37,38). The average Bonchev–Trinajstić information content (AvgIpc) is 3.04. The molecule has 244 valence electrons. The topological polar surface area (TPSA) is 141 Å². The number of benzene rings is 2. The SMILES string of the molecule is COc1cc(N2CCC(N3CCN(C)CC3)CC2)c(C)cc1Nc1ncc(F)c(Nc2ccc3nccnc3c2NS(C)(=O)=O)n1. The van der Waals surface area contributed by atoms with Crippen LogP contribution < -0.4 is 25.0 Å². The van der Waals surface area contributed by atoms with E-state index >= 15 is 0 Å². The molecule has 3 N–H and O–H groups in total. The number of hydrogen-bond acceptors (Lipinski definition) is 12. The van der Waals surface area contributed by atoms with Gasteiger partial charge in [0.25, 0.3) is 0 Å². The summed E-state index contributed by atoms with van der Waals surface area (Å²) < 4.78 is 47.5. The fraction of sp³-hybridized carbons (Fsp3) is 0.419. The Kier molecular flexibility index (Phi) is 9.06. The molecule has 0 atom stereocenters. The van der Waals surface area contributed by atoms with Crippen molar-refractivity contribution < 1.29 is 17.5 Å². The van der Waals surface area contributed by atoms with E-state index in [1.165, 1.54) is 12.4 Å². The molecule has 0 unspecified atom stereocenters. The predicted molar refractivity (Wildman–Crippen MR) is 179 cm³/mol. The maximum atomic E-state index is 15.0. The number of piperidine rings is 1. The number of nitrogens with one attached hydrogen (secondary N) is 3. The molecular weight excluding hydrogens is 611 g/mol. The van der Waals surface area contributed by atoms with E-state index in [-0.39, 0.29) is 23.1 Å². The molecule has 2 aliphatic heterocycles. The third-order valence-corrected chi connectivity index (χ3v) is 9.12. The molecule has 0 saturated carbocycles. The molecule has 4 heterocycles. The van der Waals surface area contributed by atoms with Crippen LogP contribution in [0.5, 0.6) is 5.75 Å². The number of aryl methyl sites for hydroxylation is 1. The first kappa shape index (κ1) is 31.6. The van der Waals surface area contributed by atoms with E-state index in [4.69, 9.17) is 4.74 Å². The number of hydrogen-bond donors (Lipinski definition) is 3. The molecule has 2 saturated heterocycles. The molecule has 46 heavy (non-hydrogen) atoms. The van der Waals surface area contributed by atoms with E-state index < -0.39 is 15.8 Å². The van der Waals surface area contributed by atoms with Gasteiger partial charge < -0.3 is 25.2 Å². The molecule has 0 aliphatic carbocycles. The number of aromatic nitrogens is 4. The van der Waals surface area contributed by atoms with Gasteiger partial charge in [-0.3, -0.25) is 19.6 Å². The van der Waals surface area contributed by atoms with Crippen molar-refractivity contribution in [1.29, 1.82) is 0 Å². The van der Waals surface area contributed by atoms with Gasteiger partial charge in [-0.1, -0.05) is 0 Å². The number of anilines is 6. The summed E-state index contributed by atoms with van der Waals surface area (Å²) in [6, 6.07) is 7.86. The average molecular weight is 651 g/mol. The molecule has 2 aromatic carbocycles. The number of likely N-dealkylation sites (N-methyl/N-ethyl adjacent to an activating group) is 1. The molecule has 0 bridgehead atoms. The first-order valence-corrected chi connectivity index (χ1v) is 17.1. The Morgan fingerprint density at radius 3 is 2.41 bits per heavy atom. The van der Waals surface area contributed by atoms with E-state index in [9.17, 15) is 12.8 Å². The largest absolute Gasteiger partial charge is 0.494 e. The van der Waals surface area contributed by atoms with Gasteiger partial charge in [0.05, 0.1) is 42.1 Å². The number of nitrogens with zero attached hydrogens (tertiary/aromatic N) is 7. The van der Waals surface area contributed by atoms with Crippen molar-refractivity contribution in [2.24, 2.45) is 0 Å². The zero-order valence-electron chi connectivity index (χ0n) is 26.4. The Morgan fingerprint density at radius 1 is 0.957 bits per heavy atom. The van der Waals surface area contributed by atoms with Crippen LogP contribution in [0.3, 0.4) is 0 Å². The fourth-order valence-corrected chi connectivity index (χ4v) is 6.71. The van der Waals surface area contributed by atoms with Gasteiger partial charge in [0.15, 0.2) is 11.6 Å². The lowest BCUT2D eigenvalue weighted by Gasteiger charge is -2.43. The van der Waals surface area contributed by atoms with E-state index in [1.807, 2.05) is 12.1 Å². The Morgan fingerprint density at radius 2 is 1.70 bits per heavy atom. The van der Waals surface area contributed by atoms with Crippen LogP contribution in [-0.4, -0.2) is 104 Å². The Bertz CT molecular complexity index is 1830. The zero-order valence-corrected chi connectivity index (χ0v) is 27.2. The molecule has 0 radical (unpaired) electrons. The lowest BCUT2D eigenvalue weighted by atomic mass is 10.0. The van der Waals surface area contributed by atoms with Gasteiger partial charge in [0, 0.05) is 69.5 Å². The molecule has 15 heteroatoms. The third-order valence-electron chi connectivity index (χ3n) is 8.55. The number of ether oxygens (including phenoxy) is 1. The quantitative estimate of drug-likeness (QED) is 0.242. The van der Waals surface area contributed by atoms with Crippen LogP contribution in [0.15, 0.2) is 42.9 Å². The number of rotatable bonds is 9. The van der Waals surface area contributed by atoms with Crippen molar-refractivity contribution in [3.63, 3.8) is 0 Å². The van der Waals surface area contributed by atoms with Crippen LogP contribution in [0.1, 0.15) is 18.4 Å². The normalized spacial score (nSPS) is 16.8. The number of fused-ring (bicyclic) bond motifs is 1. The maximum absolute atomic E-state index is 15.0. The van der Waals surface area contributed by atoms with Crippen LogP contribution in [0.4, 0.5) is 38.9 Å². The molecule has 0 spiro atoms. The van der Waals surface area contributed by atoms with Gasteiger partial charge in [-0.05, 0) is 50.6 Å². The smallest absolute Gasteiger partial charge is 0.229 e. The van der Waals surface area contributed by atoms with Gasteiger partial charge in [0.2, 0.25) is 16.0 Å². The Balaban J connectivity index is 1.20. The van der Waals surface area contributed by atoms with Crippen LogP contribution in [0.25, 0.3) is 11.0 Å². The summed E-state index contributed by atoms with van der Waals surface area (Å²) in [5.41, 5.74) is 3.96. The number of halogens is 1. The summed E-state index contributed by atoms with van der Waals surface area (Å²) in [6.45, 7) is 8.52. The van der Waals surface area contributed by atoms with Crippen LogP contribution in [0, 0.1) is 12.7 Å². The van der Waals surface area contributed by atoms with Crippen molar-refractivity contribution in [2.45, 2.75) is 25.8 Å². The van der Waals surface area contributed by atoms with Gasteiger partial charge in [-0.2, -0.15) is 4.98 Å². The second-order valence-corrected chi connectivity index (χ2v) is 13.6. The number of piperazine rings is 1. The molecule has 0 amide bonds. The molecule has 6 rings (SSSR count). The summed E-state index contributed by atoms with van der Waals surface area (Å²) in [5.74, 6) is -0.154. The third kappa shape index (κ3) is 7.06. The van der Waals surface area contributed by atoms with E-state index in [0.29, 0.717) is 28.5 Å². The molecular formula is C31H39FN10O3S. The Labute approximate surface area is 268 Å². The molecule has 13 nitrogen and oxygen atoms in total. The highest BCUT2D eigenvalue weighted by molar-refractivity contribution is 7.92. The fourth-order valence-electron chi connectivity index (χ4n) is 6.14. The summed E-state index contributed by atoms with van der Waals surface area (Å²) in [6.07, 6.45) is 7.26. The molecule has 2 fully saturated rings. The molecule has 2 aromatic heterocycles. The highest BCUT2D eigenvalue weighted by Gasteiger charge is 2.28. The first-order chi connectivity index (χ1) is 22.1. The van der Waals surface area contributed by atoms with Crippen molar-refractivity contribution in [1.82, 2.24) is 29.7 Å². The van der Waals surface area contributed by atoms with Gasteiger partial charge in [-0.15, -0.1) is 0 Å². The van der Waals surface area contributed by atoms with Crippen LogP contribution >= 0.6 is 0 Å². The van der Waals surface area contributed by atoms with Crippen LogP contribution in [-0.2, 0) is 10.0 Å². The number of methoxy groups -OCH3 is 1. The van der Waals surface area contributed by atoms with Crippen molar-refractivity contribution >= 4 is 55.6 Å². The predicted octanol–water partition coefficient (Wildman–Crippen LogP) is 3.95. The minimum Gasteiger partial charge on any atom is -0.494 e. The summed E-state index contributed by atoms with van der Waals surface area (Å²) in [5, 5.41) is 6.07. The summed E-state index contributed by atoms with van der Waals surface area (Å²) in [7, 11) is 0.100. The summed E-state index contributed by atoms with van der Waals surface area (Å²) >= 11 is 0. The van der Waals surface area contributed by atoms with Gasteiger partial charge >= 0.3 is 0 Å². The lowest BCUT2D eigenvalue weighted by Crippen LogP contribution is -2.52. The van der Waals surface area contributed by atoms with E-state index in [0.717, 1.165) is 75.8 Å². The van der Waals surface area contributed by atoms with Crippen molar-refractivity contribution in [3.05, 3.63) is 54.2 Å².